The number of carbonyl (C=O) groups excluding carboxylic acids is 1. The van der Waals surface area contributed by atoms with Crippen LogP contribution in [0.2, 0.25) is 0 Å². The summed E-state index contributed by atoms with van der Waals surface area (Å²) < 4.78 is 5.44. The highest BCUT2D eigenvalue weighted by atomic mass is 16.5. The molecule has 3 N–H and O–H groups in total. The zero-order chi connectivity index (χ0) is 13.2. The first-order chi connectivity index (χ1) is 9.28. The molecule has 1 amide bonds. The van der Waals surface area contributed by atoms with E-state index in [9.17, 15) is 4.79 Å². The Morgan fingerprint density at radius 3 is 3.11 bits per heavy atom. The van der Waals surface area contributed by atoms with Crippen molar-refractivity contribution in [3.05, 3.63) is 29.3 Å². The monoisotopic (exact) mass is 261 g/mol. The van der Waals surface area contributed by atoms with E-state index in [-0.39, 0.29) is 11.9 Å². The highest BCUT2D eigenvalue weighted by Crippen LogP contribution is 2.29. The third-order valence-electron chi connectivity index (χ3n) is 3.71. The Kier molecular flexibility index (Phi) is 3.50. The minimum Gasteiger partial charge on any atom is -0.378 e. The molecule has 1 aromatic rings. The van der Waals surface area contributed by atoms with Crippen molar-refractivity contribution in [2.45, 2.75) is 19.0 Å². The van der Waals surface area contributed by atoms with Crippen LogP contribution in [-0.4, -0.2) is 38.3 Å². The van der Waals surface area contributed by atoms with Gasteiger partial charge in [0.25, 0.3) is 0 Å². The first kappa shape index (κ1) is 12.6. The summed E-state index contributed by atoms with van der Waals surface area (Å²) in [6.07, 6.45) is 0.483. The third-order valence-corrected chi connectivity index (χ3v) is 3.71. The van der Waals surface area contributed by atoms with E-state index in [1.165, 1.54) is 0 Å². The average molecular weight is 261 g/mol. The molecule has 0 bridgehead atoms. The van der Waals surface area contributed by atoms with E-state index in [4.69, 9.17) is 10.5 Å². The van der Waals surface area contributed by atoms with Gasteiger partial charge < -0.3 is 20.7 Å². The second-order valence-corrected chi connectivity index (χ2v) is 5.07. The number of ether oxygens (including phenoxy) is 1. The summed E-state index contributed by atoms with van der Waals surface area (Å²) in [7, 11) is 0. The Labute approximate surface area is 112 Å². The quantitative estimate of drug-likeness (QED) is 0.805. The number of nitrogens with one attached hydrogen (secondary N) is 1. The van der Waals surface area contributed by atoms with E-state index >= 15 is 0 Å². The zero-order valence-electron chi connectivity index (χ0n) is 10.9. The largest absolute Gasteiger partial charge is 0.378 e. The smallest absolute Gasteiger partial charge is 0.231 e. The minimum absolute atomic E-state index is 0.163. The van der Waals surface area contributed by atoms with Crippen molar-refractivity contribution in [3.63, 3.8) is 0 Å². The van der Waals surface area contributed by atoms with Crippen molar-refractivity contribution >= 4 is 11.6 Å². The summed E-state index contributed by atoms with van der Waals surface area (Å²) in [6, 6.07) is 6.26. The van der Waals surface area contributed by atoms with Crippen LogP contribution in [0.15, 0.2) is 18.2 Å². The molecule has 3 rings (SSSR count). The van der Waals surface area contributed by atoms with Gasteiger partial charge in [-0.15, -0.1) is 0 Å². The number of anilines is 1. The lowest BCUT2D eigenvalue weighted by Crippen LogP contribution is -2.49. The van der Waals surface area contributed by atoms with Crippen LogP contribution in [0.1, 0.15) is 11.1 Å². The Morgan fingerprint density at radius 1 is 1.47 bits per heavy atom. The van der Waals surface area contributed by atoms with Crippen LogP contribution < -0.4 is 16.0 Å². The molecule has 0 aliphatic carbocycles. The van der Waals surface area contributed by atoms with Gasteiger partial charge in [0.1, 0.15) is 0 Å². The molecule has 1 aromatic carbocycles. The predicted octanol–water partition coefficient (Wildman–Crippen LogP) is 0.0228. The highest BCUT2D eigenvalue weighted by molar-refractivity contribution is 6.01. The molecule has 0 aromatic heterocycles. The fourth-order valence-electron chi connectivity index (χ4n) is 2.72. The molecule has 0 saturated carbocycles. The number of benzene rings is 1. The minimum atomic E-state index is 0.163. The molecule has 5 heteroatoms. The fourth-order valence-corrected chi connectivity index (χ4v) is 2.72. The second kappa shape index (κ2) is 5.28. The summed E-state index contributed by atoms with van der Waals surface area (Å²) in [4.78, 5) is 14.0. The van der Waals surface area contributed by atoms with E-state index in [1.54, 1.807) is 0 Å². The molecular formula is C14H19N3O2. The Balaban J connectivity index is 1.78. The number of morpholine rings is 1. The third kappa shape index (κ3) is 2.49. The van der Waals surface area contributed by atoms with Gasteiger partial charge in [-0.2, -0.15) is 0 Å². The van der Waals surface area contributed by atoms with Gasteiger partial charge in [0, 0.05) is 31.4 Å². The first-order valence-electron chi connectivity index (χ1n) is 6.71. The molecule has 2 heterocycles. The Bertz CT molecular complexity index is 484. The second-order valence-electron chi connectivity index (χ2n) is 5.07. The number of nitrogens with two attached hydrogens (primary N) is 1. The average Bonchev–Trinajstić information content (AvgIpc) is 2.75. The topological polar surface area (TPSA) is 67.6 Å². The number of rotatable bonds is 3. The van der Waals surface area contributed by atoms with E-state index in [0.717, 1.165) is 30.0 Å². The Hall–Kier alpha value is -1.43. The van der Waals surface area contributed by atoms with Crippen molar-refractivity contribution in [3.8, 4) is 0 Å². The van der Waals surface area contributed by atoms with Crippen LogP contribution in [0.3, 0.4) is 0 Å². The van der Waals surface area contributed by atoms with Crippen LogP contribution >= 0.6 is 0 Å². The lowest BCUT2D eigenvalue weighted by Gasteiger charge is -2.28. The normalized spacial score (nSPS) is 22.7. The van der Waals surface area contributed by atoms with E-state index in [1.807, 2.05) is 23.1 Å². The van der Waals surface area contributed by atoms with Crippen LogP contribution in [0, 0.1) is 0 Å². The zero-order valence-corrected chi connectivity index (χ0v) is 10.9. The summed E-state index contributed by atoms with van der Waals surface area (Å²) >= 11 is 0. The molecule has 1 unspecified atom stereocenters. The number of hydrogen-bond donors (Lipinski definition) is 2. The van der Waals surface area contributed by atoms with Crippen LogP contribution in [0.25, 0.3) is 0 Å². The maximum atomic E-state index is 12.1. The van der Waals surface area contributed by atoms with Gasteiger partial charge in [0.15, 0.2) is 0 Å². The van der Waals surface area contributed by atoms with Gasteiger partial charge >= 0.3 is 0 Å². The summed E-state index contributed by atoms with van der Waals surface area (Å²) in [5.41, 5.74) is 8.82. The van der Waals surface area contributed by atoms with Gasteiger partial charge in [0.2, 0.25) is 5.91 Å². The van der Waals surface area contributed by atoms with Gasteiger partial charge in [0.05, 0.1) is 19.6 Å². The molecule has 19 heavy (non-hydrogen) atoms. The highest BCUT2D eigenvalue weighted by Gasteiger charge is 2.29. The van der Waals surface area contributed by atoms with Crippen LogP contribution in [0.5, 0.6) is 0 Å². The van der Waals surface area contributed by atoms with Crippen molar-refractivity contribution in [1.29, 1.82) is 0 Å². The van der Waals surface area contributed by atoms with Crippen LogP contribution in [0.4, 0.5) is 5.69 Å². The molecule has 1 fully saturated rings. The van der Waals surface area contributed by atoms with E-state index in [2.05, 4.69) is 5.32 Å². The van der Waals surface area contributed by atoms with Crippen molar-refractivity contribution in [2.24, 2.45) is 5.73 Å². The number of carbonyl (C=O) groups is 1. The van der Waals surface area contributed by atoms with Gasteiger partial charge in [-0.1, -0.05) is 12.1 Å². The summed E-state index contributed by atoms with van der Waals surface area (Å²) in [5.74, 6) is 0.163. The predicted molar refractivity (Wildman–Crippen MR) is 73.0 cm³/mol. The molecule has 2 aliphatic rings. The molecule has 0 radical (unpaired) electrons. The SMILES string of the molecule is NCc1ccc2c(c1)CC(=O)N2CC1COCCN1. The standard InChI is InChI=1S/C14H19N3O2/c15-7-10-1-2-13-11(5-10)6-14(18)17(13)8-12-9-19-4-3-16-12/h1-2,5,12,16H,3-4,6-9,15H2. The number of fused-ring (bicyclic) bond motifs is 1. The molecule has 1 atom stereocenters. The van der Waals surface area contributed by atoms with Crippen molar-refractivity contribution < 1.29 is 9.53 Å². The molecule has 5 nitrogen and oxygen atoms in total. The molecule has 102 valence electrons. The maximum Gasteiger partial charge on any atom is 0.231 e. The lowest BCUT2D eigenvalue weighted by atomic mass is 10.1. The van der Waals surface area contributed by atoms with Gasteiger partial charge in [-0.3, -0.25) is 4.79 Å². The van der Waals surface area contributed by atoms with E-state index < -0.39 is 0 Å². The summed E-state index contributed by atoms with van der Waals surface area (Å²) in [6.45, 7) is 3.46. The molecular weight excluding hydrogens is 242 g/mol. The number of amides is 1. The molecule has 0 spiro atoms. The van der Waals surface area contributed by atoms with Gasteiger partial charge in [-0.05, 0) is 17.2 Å². The molecule has 1 saturated heterocycles. The number of nitrogens with zero attached hydrogens (tertiary/aromatic N) is 1. The summed E-state index contributed by atoms with van der Waals surface area (Å²) in [5, 5.41) is 3.38. The van der Waals surface area contributed by atoms with Crippen LogP contribution in [-0.2, 0) is 22.5 Å². The number of hydrogen-bond acceptors (Lipinski definition) is 4. The fraction of sp³-hybridized carbons (Fsp3) is 0.500. The Morgan fingerprint density at radius 2 is 2.37 bits per heavy atom. The van der Waals surface area contributed by atoms with E-state index in [0.29, 0.717) is 26.1 Å². The molecule has 2 aliphatic heterocycles. The van der Waals surface area contributed by atoms with Gasteiger partial charge in [-0.25, -0.2) is 0 Å². The first-order valence-corrected chi connectivity index (χ1v) is 6.71. The maximum absolute atomic E-state index is 12.1. The lowest BCUT2D eigenvalue weighted by molar-refractivity contribution is -0.117. The van der Waals surface area contributed by atoms with Crippen molar-refractivity contribution in [1.82, 2.24) is 5.32 Å². The van der Waals surface area contributed by atoms with Crippen molar-refractivity contribution in [2.75, 3.05) is 31.2 Å².